The van der Waals surface area contributed by atoms with Gasteiger partial charge in [-0.25, -0.2) is 0 Å². The van der Waals surface area contributed by atoms with E-state index < -0.39 is 0 Å². The molecule has 2 aromatic rings. The van der Waals surface area contributed by atoms with E-state index >= 15 is 0 Å². The van der Waals surface area contributed by atoms with Crippen molar-refractivity contribution in [2.45, 2.75) is 58.2 Å². The number of carbonyl (C=O) groups excluding carboxylic acids is 1. The molecule has 1 amide bonds. The Labute approximate surface area is 173 Å². The molecule has 156 valence electrons. The van der Waals surface area contributed by atoms with E-state index in [4.69, 9.17) is 14.2 Å². The molecule has 2 aromatic carbocycles. The third-order valence-corrected chi connectivity index (χ3v) is 5.29. The highest BCUT2D eigenvalue weighted by Gasteiger charge is 2.28. The van der Waals surface area contributed by atoms with Gasteiger partial charge in [0, 0.05) is 18.2 Å². The van der Waals surface area contributed by atoms with Gasteiger partial charge in [-0.2, -0.15) is 0 Å². The van der Waals surface area contributed by atoms with Crippen molar-refractivity contribution in [3.63, 3.8) is 0 Å². The fraction of sp³-hybridized carbons (Fsp3) is 0.458. The highest BCUT2D eigenvalue weighted by molar-refractivity contribution is 5.94. The summed E-state index contributed by atoms with van der Waals surface area (Å²) in [6.45, 7) is 4.52. The molecule has 1 aliphatic carbocycles. The second kappa shape index (κ2) is 9.68. The van der Waals surface area contributed by atoms with E-state index in [1.54, 1.807) is 14.2 Å². The maximum atomic E-state index is 13.4. The molecule has 0 heterocycles. The van der Waals surface area contributed by atoms with Crippen molar-refractivity contribution in [3.8, 4) is 17.2 Å². The van der Waals surface area contributed by atoms with E-state index in [0.717, 1.165) is 31.2 Å². The normalized spacial score (nSPS) is 14.1. The summed E-state index contributed by atoms with van der Waals surface area (Å²) < 4.78 is 16.6. The molecule has 0 spiro atoms. The average molecular weight is 398 g/mol. The average Bonchev–Trinajstić information content (AvgIpc) is 3.26. The standard InChI is InChI=1S/C24H31NO4/c1-17(2)29-23-14-18(12-13-22(23)28-4)16-25(20-9-5-6-10-20)24(26)19-8-7-11-21(15-19)27-3/h7-8,11-15,17,20H,5-6,9-10,16H2,1-4H3. The van der Waals surface area contributed by atoms with Gasteiger partial charge < -0.3 is 19.1 Å². The van der Waals surface area contributed by atoms with Crippen LogP contribution in [0.3, 0.4) is 0 Å². The molecular weight excluding hydrogens is 366 g/mol. The molecule has 1 aliphatic rings. The molecule has 0 radical (unpaired) electrons. The summed E-state index contributed by atoms with van der Waals surface area (Å²) in [6.07, 6.45) is 4.46. The van der Waals surface area contributed by atoms with E-state index in [1.807, 2.05) is 61.2 Å². The van der Waals surface area contributed by atoms with Crippen molar-refractivity contribution in [1.29, 1.82) is 0 Å². The number of hydrogen-bond donors (Lipinski definition) is 0. The van der Waals surface area contributed by atoms with Crippen LogP contribution in [0.25, 0.3) is 0 Å². The number of benzene rings is 2. The lowest BCUT2D eigenvalue weighted by atomic mass is 10.1. The maximum absolute atomic E-state index is 13.4. The Morgan fingerprint density at radius 1 is 1.03 bits per heavy atom. The van der Waals surface area contributed by atoms with Crippen LogP contribution in [0.15, 0.2) is 42.5 Å². The number of amides is 1. The lowest BCUT2D eigenvalue weighted by Gasteiger charge is -2.30. The fourth-order valence-corrected chi connectivity index (χ4v) is 3.87. The monoisotopic (exact) mass is 397 g/mol. The Hall–Kier alpha value is -2.69. The molecule has 1 fully saturated rings. The first kappa shape index (κ1) is 21.0. The lowest BCUT2D eigenvalue weighted by Crippen LogP contribution is -2.38. The molecule has 0 atom stereocenters. The Balaban J connectivity index is 1.88. The molecule has 0 unspecified atom stereocenters. The molecule has 5 heteroatoms. The van der Waals surface area contributed by atoms with Gasteiger partial charge in [-0.3, -0.25) is 4.79 Å². The summed E-state index contributed by atoms with van der Waals surface area (Å²) in [5, 5.41) is 0. The largest absolute Gasteiger partial charge is 0.497 e. The Kier molecular flexibility index (Phi) is 7.02. The lowest BCUT2D eigenvalue weighted by molar-refractivity contribution is 0.0663. The van der Waals surface area contributed by atoms with Gasteiger partial charge in [0.15, 0.2) is 11.5 Å². The van der Waals surface area contributed by atoms with Crippen molar-refractivity contribution in [3.05, 3.63) is 53.6 Å². The second-order valence-corrected chi connectivity index (χ2v) is 7.76. The van der Waals surface area contributed by atoms with Crippen LogP contribution in [0.1, 0.15) is 55.5 Å². The fourth-order valence-electron chi connectivity index (χ4n) is 3.87. The smallest absolute Gasteiger partial charge is 0.254 e. The van der Waals surface area contributed by atoms with Gasteiger partial charge in [0.2, 0.25) is 0 Å². The molecule has 0 bridgehead atoms. The first-order chi connectivity index (χ1) is 14.0. The SMILES string of the molecule is COc1cccc(C(=O)N(Cc2ccc(OC)c(OC(C)C)c2)C2CCCC2)c1. The molecule has 29 heavy (non-hydrogen) atoms. The number of rotatable bonds is 8. The van der Waals surface area contributed by atoms with Crippen molar-refractivity contribution >= 4 is 5.91 Å². The van der Waals surface area contributed by atoms with E-state index in [0.29, 0.717) is 29.4 Å². The van der Waals surface area contributed by atoms with Crippen molar-refractivity contribution in [1.82, 2.24) is 4.90 Å². The Bertz CT molecular complexity index is 827. The predicted molar refractivity (Wildman–Crippen MR) is 114 cm³/mol. The summed E-state index contributed by atoms with van der Waals surface area (Å²) in [6, 6.07) is 13.5. The number of nitrogens with zero attached hydrogens (tertiary/aromatic N) is 1. The summed E-state index contributed by atoms with van der Waals surface area (Å²) in [4.78, 5) is 15.4. The van der Waals surface area contributed by atoms with Crippen LogP contribution < -0.4 is 14.2 Å². The third kappa shape index (κ3) is 5.22. The highest BCUT2D eigenvalue weighted by Crippen LogP contribution is 2.32. The molecule has 0 saturated heterocycles. The molecular formula is C24H31NO4. The van der Waals surface area contributed by atoms with E-state index in [2.05, 4.69) is 0 Å². The van der Waals surface area contributed by atoms with Crippen molar-refractivity contribution in [2.75, 3.05) is 14.2 Å². The predicted octanol–water partition coefficient (Wildman–Crippen LogP) is 5.08. The van der Waals surface area contributed by atoms with E-state index in [1.165, 1.54) is 0 Å². The zero-order valence-electron chi connectivity index (χ0n) is 17.8. The number of hydrogen-bond acceptors (Lipinski definition) is 4. The minimum atomic E-state index is 0.0398. The maximum Gasteiger partial charge on any atom is 0.254 e. The minimum absolute atomic E-state index is 0.0398. The van der Waals surface area contributed by atoms with Crippen LogP contribution in [0.4, 0.5) is 0 Å². The first-order valence-electron chi connectivity index (χ1n) is 10.3. The van der Waals surface area contributed by atoms with Gasteiger partial charge in [0.1, 0.15) is 5.75 Å². The third-order valence-electron chi connectivity index (χ3n) is 5.29. The summed E-state index contributed by atoms with van der Waals surface area (Å²) >= 11 is 0. The van der Waals surface area contributed by atoms with Gasteiger partial charge in [0.25, 0.3) is 5.91 Å². The quantitative estimate of drug-likeness (QED) is 0.623. The molecule has 3 rings (SSSR count). The van der Waals surface area contributed by atoms with Crippen molar-refractivity contribution in [2.24, 2.45) is 0 Å². The zero-order chi connectivity index (χ0) is 20.8. The Morgan fingerprint density at radius 3 is 2.45 bits per heavy atom. The summed E-state index contributed by atoms with van der Waals surface area (Å²) in [5.74, 6) is 2.14. The highest BCUT2D eigenvalue weighted by atomic mass is 16.5. The van der Waals surface area contributed by atoms with Crippen LogP contribution in [0.2, 0.25) is 0 Å². The van der Waals surface area contributed by atoms with E-state index in [9.17, 15) is 4.79 Å². The topological polar surface area (TPSA) is 48.0 Å². The molecule has 0 aliphatic heterocycles. The van der Waals surface area contributed by atoms with Crippen LogP contribution in [0, 0.1) is 0 Å². The number of methoxy groups -OCH3 is 2. The van der Waals surface area contributed by atoms with Gasteiger partial charge in [-0.05, 0) is 62.6 Å². The van der Waals surface area contributed by atoms with Gasteiger partial charge >= 0.3 is 0 Å². The van der Waals surface area contributed by atoms with Gasteiger partial charge in [-0.1, -0.05) is 25.0 Å². The molecule has 0 aromatic heterocycles. The van der Waals surface area contributed by atoms with Gasteiger partial charge in [0.05, 0.1) is 20.3 Å². The molecule has 0 N–H and O–H groups in total. The number of carbonyl (C=O) groups is 1. The van der Waals surface area contributed by atoms with Crippen LogP contribution in [0.5, 0.6) is 17.2 Å². The zero-order valence-corrected chi connectivity index (χ0v) is 17.8. The minimum Gasteiger partial charge on any atom is -0.497 e. The van der Waals surface area contributed by atoms with Crippen molar-refractivity contribution < 1.29 is 19.0 Å². The molecule has 5 nitrogen and oxygen atoms in total. The second-order valence-electron chi connectivity index (χ2n) is 7.76. The van der Waals surface area contributed by atoms with Crippen LogP contribution in [-0.2, 0) is 6.54 Å². The van der Waals surface area contributed by atoms with E-state index in [-0.39, 0.29) is 18.1 Å². The van der Waals surface area contributed by atoms with Gasteiger partial charge in [-0.15, -0.1) is 0 Å². The van der Waals surface area contributed by atoms with Crippen LogP contribution >= 0.6 is 0 Å². The molecule has 1 saturated carbocycles. The first-order valence-corrected chi connectivity index (χ1v) is 10.3. The number of ether oxygens (including phenoxy) is 3. The summed E-state index contributed by atoms with van der Waals surface area (Å²) in [5.41, 5.74) is 1.69. The van der Waals surface area contributed by atoms with Crippen LogP contribution in [-0.4, -0.2) is 37.2 Å². The Morgan fingerprint density at radius 2 is 1.79 bits per heavy atom. The summed E-state index contributed by atoms with van der Waals surface area (Å²) in [7, 11) is 3.26.